The van der Waals surface area contributed by atoms with Crippen molar-refractivity contribution in [2.45, 2.75) is 11.8 Å². The normalized spacial score (nSPS) is 10.9. The van der Waals surface area contributed by atoms with Gasteiger partial charge in [-0.3, -0.25) is 19.6 Å². The maximum Gasteiger partial charge on any atom is 0.271 e. The van der Waals surface area contributed by atoms with E-state index in [1.807, 2.05) is 31.2 Å². The molecule has 1 amide bonds. The number of rotatable bonds is 10. The molecule has 3 rings (SSSR count). The van der Waals surface area contributed by atoms with E-state index in [-0.39, 0.29) is 46.6 Å². The summed E-state index contributed by atoms with van der Waals surface area (Å²) in [6.45, 7) is 2.49. The number of aryl methyl sites for hydroxylation is 1. The van der Waals surface area contributed by atoms with Crippen molar-refractivity contribution < 1.29 is 27.6 Å². The van der Waals surface area contributed by atoms with Crippen molar-refractivity contribution in [2.75, 3.05) is 25.0 Å². The molecule has 10 nitrogen and oxygen atoms in total. The molecule has 11 heteroatoms. The summed E-state index contributed by atoms with van der Waals surface area (Å²) in [5, 5.41) is 13.7. The van der Waals surface area contributed by atoms with Crippen LogP contribution in [0, 0.1) is 17.0 Å². The fraction of sp³-hybridized carbons (Fsp3) is 0.174. The number of hydrogen-bond donors (Lipinski definition) is 2. The summed E-state index contributed by atoms with van der Waals surface area (Å²) in [4.78, 5) is 22.6. The van der Waals surface area contributed by atoms with Crippen LogP contribution in [0.4, 0.5) is 11.4 Å². The number of amides is 1. The van der Waals surface area contributed by atoms with Gasteiger partial charge in [0.05, 0.1) is 29.2 Å². The molecule has 0 saturated heterocycles. The number of hydrogen-bond acceptors (Lipinski definition) is 7. The van der Waals surface area contributed by atoms with Gasteiger partial charge in [0.25, 0.3) is 21.6 Å². The van der Waals surface area contributed by atoms with Gasteiger partial charge in [-0.1, -0.05) is 12.1 Å². The Morgan fingerprint density at radius 2 is 1.79 bits per heavy atom. The van der Waals surface area contributed by atoms with E-state index >= 15 is 0 Å². The largest absolute Gasteiger partial charge is 0.495 e. The predicted molar refractivity (Wildman–Crippen MR) is 126 cm³/mol. The summed E-state index contributed by atoms with van der Waals surface area (Å²) >= 11 is 0. The first-order chi connectivity index (χ1) is 16.2. The molecule has 2 N–H and O–H groups in total. The van der Waals surface area contributed by atoms with Crippen molar-refractivity contribution in [3.8, 4) is 11.5 Å². The molecule has 0 atom stereocenters. The number of methoxy groups -OCH3 is 1. The molecule has 0 saturated carbocycles. The molecule has 0 unspecified atom stereocenters. The standard InChI is InChI=1S/C23H23N3O7S/c1-16-4-3-5-19(14-16)33-13-12-24-23(27)17-6-9-20(10-7-17)34(30,31)25-21-15-18(26(28)29)8-11-22(21)32-2/h3-11,14-15,25H,12-13H2,1-2H3,(H,24,27). The van der Waals surface area contributed by atoms with E-state index in [1.165, 1.54) is 43.5 Å². The van der Waals surface area contributed by atoms with Gasteiger partial charge in [-0.15, -0.1) is 0 Å². The minimum atomic E-state index is -4.09. The van der Waals surface area contributed by atoms with Crippen LogP contribution in [0.1, 0.15) is 15.9 Å². The smallest absolute Gasteiger partial charge is 0.271 e. The lowest BCUT2D eigenvalue weighted by Gasteiger charge is -2.12. The van der Waals surface area contributed by atoms with Gasteiger partial charge >= 0.3 is 0 Å². The average molecular weight is 486 g/mol. The van der Waals surface area contributed by atoms with Crippen molar-refractivity contribution in [3.05, 3.63) is 88.0 Å². The zero-order valence-electron chi connectivity index (χ0n) is 18.5. The van der Waals surface area contributed by atoms with Gasteiger partial charge in [0.2, 0.25) is 0 Å². The topological polar surface area (TPSA) is 137 Å². The third kappa shape index (κ3) is 6.23. The lowest BCUT2D eigenvalue weighted by Crippen LogP contribution is -2.28. The molecule has 0 bridgehead atoms. The Hall–Kier alpha value is -4.12. The molecule has 0 radical (unpaired) electrons. The Morgan fingerprint density at radius 3 is 2.44 bits per heavy atom. The van der Waals surface area contributed by atoms with Crippen molar-refractivity contribution >= 4 is 27.3 Å². The van der Waals surface area contributed by atoms with Crippen LogP contribution in [0.25, 0.3) is 0 Å². The number of nitro groups is 1. The van der Waals surface area contributed by atoms with Crippen molar-refractivity contribution in [1.82, 2.24) is 5.32 Å². The van der Waals surface area contributed by atoms with E-state index in [4.69, 9.17) is 9.47 Å². The molecule has 0 spiro atoms. The molecule has 34 heavy (non-hydrogen) atoms. The Balaban J connectivity index is 1.62. The fourth-order valence-corrected chi connectivity index (χ4v) is 4.08. The summed E-state index contributed by atoms with van der Waals surface area (Å²) in [6.07, 6.45) is 0. The monoisotopic (exact) mass is 485 g/mol. The van der Waals surface area contributed by atoms with Crippen molar-refractivity contribution in [1.29, 1.82) is 0 Å². The maximum absolute atomic E-state index is 12.7. The quantitative estimate of drug-likeness (QED) is 0.255. The zero-order valence-corrected chi connectivity index (χ0v) is 19.3. The summed E-state index contributed by atoms with van der Waals surface area (Å²) in [5.41, 5.74) is 0.960. The van der Waals surface area contributed by atoms with Crippen LogP contribution in [0.2, 0.25) is 0 Å². The second-order valence-corrected chi connectivity index (χ2v) is 8.87. The summed E-state index contributed by atoms with van der Waals surface area (Å²) < 4.78 is 38.4. The first-order valence-corrected chi connectivity index (χ1v) is 11.6. The van der Waals surface area contributed by atoms with E-state index in [0.29, 0.717) is 5.75 Å². The molecule has 0 aliphatic carbocycles. The SMILES string of the molecule is COc1ccc([N+](=O)[O-])cc1NS(=O)(=O)c1ccc(C(=O)NCCOc2cccc(C)c2)cc1. The van der Waals surface area contributed by atoms with Gasteiger partial charge in [0, 0.05) is 17.7 Å². The van der Waals surface area contributed by atoms with Crippen LogP contribution in [0.15, 0.2) is 71.6 Å². The minimum Gasteiger partial charge on any atom is -0.495 e. The Kier molecular flexibility index (Phi) is 7.69. The van der Waals surface area contributed by atoms with Crippen LogP contribution >= 0.6 is 0 Å². The first-order valence-electron chi connectivity index (χ1n) is 10.1. The van der Waals surface area contributed by atoms with Gasteiger partial charge in [-0.25, -0.2) is 8.42 Å². The van der Waals surface area contributed by atoms with E-state index in [1.54, 1.807) is 0 Å². The number of sulfonamides is 1. The number of ether oxygens (including phenoxy) is 2. The molecule has 0 aliphatic heterocycles. The summed E-state index contributed by atoms with van der Waals surface area (Å²) in [5.74, 6) is 0.444. The molecule has 3 aromatic rings. The van der Waals surface area contributed by atoms with Crippen molar-refractivity contribution in [3.63, 3.8) is 0 Å². The zero-order chi connectivity index (χ0) is 24.7. The van der Waals surface area contributed by atoms with Crippen LogP contribution < -0.4 is 19.5 Å². The minimum absolute atomic E-state index is 0.0767. The molecule has 0 aliphatic rings. The number of nitro benzene ring substituents is 1. The number of nitrogens with one attached hydrogen (secondary N) is 2. The maximum atomic E-state index is 12.7. The van der Waals surface area contributed by atoms with Crippen LogP contribution in [0.5, 0.6) is 11.5 Å². The Morgan fingerprint density at radius 1 is 1.06 bits per heavy atom. The highest BCUT2D eigenvalue weighted by Crippen LogP contribution is 2.30. The molecular weight excluding hydrogens is 462 g/mol. The lowest BCUT2D eigenvalue weighted by molar-refractivity contribution is -0.384. The number of non-ortho nitro benzene ring substituents is 1. The fourth-order valence-electron chi connectivity index (χ4n) is 3.02. The molecule has 0 fully saturated rings. The van der Waals surface area contributed by atoms with Gasteiger partial charge in [0.15, 0.2) is 0 Å². The highest BCUT2D eigenvalue weighted by atomic mass is 32.2. The van der Waals surface area contributed by atoms with Crippen LogP contribution in [-0.2, 0) is 10.0 Å². The second-order valence-electron chi connectivity index (χ2n) is 7.19. The lowest BCUT2D eigenvalue weighted by atomic mass is 10.2. The average Bonchev–Trinajstić information content (AvgIpc) is 2.81. The van der Waals surface area contributed by atoms with E-state index in [2.05, 4.69) is 10.0 Å². The Bertz CT molecular complexity index is 1290. The van der Waals surface area contributed by atoms with Crippen LogP contribution in [0.3, 0.4) is 0 Å². The predicted octanol–water partition coefficient (Wildman–Crippen LogP) is 3.52. The Labute approximate surface area is 196 Å². The summed E-state index contributed by atoms with van der Waals surface area (Å²) in [7, 11) is -2.77. The summed E-state index contributed by atoms with van der Waals surface area (Å²) in [6, 6.07) is 16.4. The third-order valence-corrected chi connectivity index (χ3v) is 6.09. The molecule has 178 valence electrons. The molecular formula is C23H23N3O7S. The van der Waals surface area contributed by atoms with Crippen molar-refractivity contribution in [2.24, 2.45) is 0 Å². The van der Waals surface area contributed by atoms with Gasteiger partial charge in [-0.05, 0) is 55.0 Å². The van der Waals surface area contributed by atoms with Gasteiger partial charge in [-0.2, -0.15) is 0 Å². The van der Waals surface area contributed by atoms with Gasteiger partial charge < -0.3 is 14.8 Å². The van der Waals surface area contributed by atoms with E-state index in [0.717, 1.165) is 11.6 Å². The highest BCUT2D eigenvalue weighted by Gasteiger charge is 2.20. The number of carbonyl (C=O) groups is 1. The molecule has 3 aromatic carbocycles. The van der Waals surface area contributed by atoms with E-state index in [9.17, 15) is 23.3 Å². The van der Waals surface area contributed by atoms with Gasteiger partial charge in [0.1, 0.15) is 18.1 Å². The number of carbonyl (C=O) groups excluding carboxylic acids is 1. The third-order valence-electron chi connectivity index (χ3n) is 4.71. The number of benzene rings is 3. The number of anilines is 1. The molecule has 0 heterocycles. The van der Waals surface area contributed by atoms with E-state index < -0.39 is 14.9 Å². The van der Waals surface area contributed by atoms with Crippen LogP contribution in [-0.4, -0.2) is 39.5 Å². The first kappa shape index (κ1) is 24.5. The molecule has 0 aromatic heterocycles. The highest BCUT2D eigenvalue weighted by molar-refractivity contribution is 7.92. The second kappa shape index (κ2) is 10.7. The number of nitrogens with zero attached hydrogens (tertiary/aromatic N) is 1.